The molecule has 0 radical (unpaired) electrons. The van der Waals surface area contributed by atoms with Gasteiger partial charge in [-0.1, -0.05) is 238 Å². The van der Waals surface area contributed by atoms with Crippen LogP contribution in [0.25, 0.3) is 67.2 Å². The summed E-state index contributed by atoms with van der Waals surface area (Å²) in [6, 6.07) is 65.9. The summed E-state index contributed by atoms with van der Waals surface area (Å²) in [6.45, 7) is 42.9. The second-order valence-electron chi connectivity index (χ2n) is 29.7. The minimum Gasteiger partial charge on any atom is -0.200 e. The predicted octanol–water partition coefficient (Wildman–Crippen LogP) is 21.4. The minimum absolute atomic E-state index is 0.172. The highest BCUT2D eigenvalue weighted by Gasteiger charge is 2.37. The van der Waals surface area contributed by atoms with Crippen LogP contribution >= 0.6 is 0 Å². The molecule has 9 aromatic rings. The van der Waals surface area contributed by atoms with Crippen molar-refractivity contribution in [3.63, 3.8) is 0 Å². The third kappa shape index (κ3) is 16.8. The standard InChI is InChI=1S/2C28H36N.C26H32N/c2*1-20-11-9-10-12-24(20)25-18-17-23(19-29(25)8)21-13-15-22(16-14-21)26(27(2,3)4)28(5,6)7;1-19-9-7-8-10-24(19)25-16-15-23(18-27(25)6)22-13-11-21(12-14-22)20(2)17-26(3,4)5/h2*9-19,26H,1-8H3;7-16,18,20H,17H2,1-6H3/q3*+1/i26D;;. The zero-order valence-electron chi connectivity index (χ0n) is 57.3. The van der Waals surface area contributed by atoms with E-state index in [1.54, 1.807) is 0 Å². The van der Waals surface area contributed by atoms with Crippen molar-refractivity contribution in [2.75, 3.05) is 0 Å². The maximum atomic E-state index is 9.41. The van der Waals surface area contributed by atoms with E-state index in [9.17, 15) is 1.37 Å². The average molecular weight is 1130 g/mol. The van der Waals surface area contributed by atoms with Crippen LogP contribution < -0.4 is 13.7 Å². The summed E-state index contributed by atoms with van der Waals surface area (Å²) in [5.74, 6) is 0.403. The molecule has 0 saturated heterocycles. The van der Waals surface area contributed by atoms with Gasteiger partial charge in [-0.3, -0.25) is 0 Å². The molecule has 1 atom stereocenters. The summed E-state index contributed by atoms with van der Waals surface area (Å²) in [4.78, 5) is 0. The maximum absolute atomic E-state index is 9.41. The Hall–Kier alpha value is -7.23. The Morgan fingerprint density at radius 3 is 0.859 bits per heavy atom. The molecule has 0 N–H and O–H groups in total. The van der Waals surface area contributed by atoms with Gasteiger partial charge in [0.25, 0.3) is 0 Å². The van der Waals surface area contributed by atoms with Gasteiger partial charge in [0.05, 0.1) is 0 Å². The zero-order chi connectivity index (χ0) is 63.3. The van der Waals surface area contributed by atoms with Crippen LogP contribution in [0.4, 0.5) is 0 Å². The molecule has 0 saturated carbocycles. The van der Waals surface area contributed by atoms with Crippen molar-refractivity contribution in [3.8, 4) is 67.2 Å². The van der Waals surface area contributed by atoms with Crippen LogP contribution in [0.5, 0.6) is 0 Å². The van der Waals surface area contributed by atoms with Crippen LogP contribution in [-0.2, 0) is 21.1 Å². The smallest absolute Gasteiger partial charge is 0.200 e. The van der Waals surface area contributed by atoms with Crippen LogP contribution in [0.15, 0.2) is 201 Å². The first-order valence-corrected chi connectivity index (χ1v) is 31.1. The van der Waals surface area contributed by atoms with Gasteiger partial charge < -0.3 is 0 Å². The Balaban J connectivity index is 0.000000185. The third-order valence-electron chi connectivity index (χ3n) is 16.7. The fourth-order valence-corrected chi connectivity index (χ4v) is 13.8. The number of hydrogen-bond donors (Lipinski definition) is 0. The van der Waals surface area contributed by atoms with E-state index in [1.807, 2.05) is 0 Å². The molecule has 1 unspecified atom stereocenters. The highest BCUT2D eigenvalue weighted by Crippen LogP contribution is 2.49. The SMILES string of the molecule is Cc1ccccc1-c1ccc(-c2ccc(C(C(C)(C)C)C(C)(C)C)cc2)c[n+]1C.Cc1ccccc1-c1ccc(-c2ccc(C(C)CC(C)(C)C)cc2)c[n+]1C.[2H]C(c1ccc(-c2ccc(-c3ccccc3C)[n+](C)c2)cc1)(C(C)(C)C)C(C)(C)C. The second-order valence-corrected chi connectivity index (χ2v) is 29.7. The summed E-state index contributed by atoms with van der Waals surface area (Å²) in [5.41, 5.74) is 23.2. The highest BCUT2D eigenvalue weighted by atomic mass is 14.9. The van der Waals surface area contributed by atoms with Gasteiger partial charge in [0.15, 0.2) is 18.6 Å². The van der Waals surface area contributed by atoms with Gasteiger partial charge in [-0.05, 0) is 158 Å². The zero-order valence-corrected chi connectivity index (χ0v) is 56.3. The lowest BCUT2D eigenvalue weighted by Crippen LogP contribution is -2.31. The molecule has 3 nitrogen and oxygen atoms in total. The van der Waals surface area contributed by atoms with E-state index < -0.39 is 5.89 Å². The largest absolute Gasteiger partial charge is 0.212 e. The Morgan fingerprint density at radius 2 is 0.600 bits per heavy atom. The average Bonchev–Trinajstić information content (AvgIpc) is 0.794. The van der Waals surface area contributed by atoms with E-state index in [4.69, 9.17) is 0 Å². The van der Waals surface area contributed by atoms with Crippen molar-refractivity contribution >= 4 is 0 Å². The molecule has 0 amide bonds. The Labute approximate surface area is 517 Å². The molecule has 0 spiro atoms. The molecule has 0 bridgehead atoms. The third-order valence-corrected chi connectivity index (χ3v) is 16.7. The number of hydrogen-bond acceptors (Lipinski definition) is 0. The van der Waals surface area contributed by atoms with E-state index in [-0.39, 0.29) is 21.7 Å². The molecule has 3 heteroatoms. The number of nitrogens with zero attached hydrogens (tertiary/aromatic N) is 3. The summed E-state index contributed by atoms with van der Waals surface area (Å²) < 4.78 is 16.1. The summed E-state index contributed by atoms with van der Waals surface area (Å²) in [6.07, 6.45) is 7.86. The topological polar surface area (TPSA) is 11.6 Å². The molecule has 0 aliphatic rings. The molecule has 444 valence electrons. The van der Waals surface area contributed by atoms with Crippen LogP contribution in [0.2, 0.25) is 0 Å². The lowest BCUT2D eigenvalue weighted by Gasteiger charge is -2.41. The van der Waals surface area contributed by atoms with Gasteiger partial charge in [-0.15, -0.1) is 0 Å². The normalized spacial score (nSPS) is 12.9. The summed E-state index contributed by atoms with van der Waals surface area (Å²) >= 11 is 0. The van der Waals surface area contributed by atoms with Gasteiger partial charge in [0.1, 0.15) is 21.1 Å². The van der Waals surface area contributed by atoms with E-state index in [0.717, 1.165) is 5.56 Å². The second kappa shape index (κ2) is 26.6. The molecular formula is C82H104N3+3. The predicted molar refractivity (Wildman–Crippen MR) is 365 cm³/mol. The number of pyridine rings is 3. The van der Waals surface area contributed by atoms with Crippen molar-refractivity contribution in [2.24, 2.45) is 48.2 Å². The highest BCUT2D eigenvalue weighted by molar-refractivity contribution is 5.69. The fraction of sp³-hybridized carbons (Fsp3) is 0.378. The monoisotopic (exact) mass is 1130 g/mol. The van der Waals surface area contributed by atoms with E-state index in [0.29, 0.717) is 17.3 Å². The minimum atomic E-state index is -0.683. The molecule has 6 aromatic carbocycles. The summed E-state index contributed by atoms with van der Waals surface area (Å²) in [7, 11) is 6.37. The molecular weight excluding hydrogens is 1030 g/mol. The number of rotatable bonds is 10. The lowest BCUT2D eigenvalue weighted by atomic mass is 9.63. The molecule has 9 rings (SSSR count). The van der Waals surface area contributed by atoms with Gasteiger partial charge in [0.2, 0.25) is 17.1 Å². The fourth-order valence-electron chi connectivity index (χ4n) is 13.8. The van der Waals surface area contributed by atoms with Crippen LogP contribution in [0.1, 0.15) is 170 Å². The molecule has 0 aliphatic carbocycles. The Bertz CT molecular complexity index is 3690. The maximum Gasteiger partial charge on any atom is 0.212 e. The first kappa shape index (κ1) is 63.8. The number of benzene rings is 6. The van der Waals surface area contributed by atoms with Gasteiger partial charge in [-0.2, -0.15) is 0 Å². The Morgan fingerprint density at radius 1 is 0.329 bits per heavy atom. The van der Waals surface area contributed by atoms with Crippen LogP contribution in [0, 0.1) is 47.8 Å². The quantitative estimate of drug-likeness (QED) is 0.121. The molecule has 3 aromatic heterocycles. The first-order chi connectivity index (χ1) is 40.1. The number of aryl methyl sites for hydroxylation is 6. The molecule has 0 aliphatic heterocycles. The van der Waals surface area contributed by atoms with Crippen LogP contribution in [-0.4, -0.2) is 0 Å². The number of aromatic nitrogens is 3. The van der Waals surface area contributed by atoms with E-state index >= 15 is 0 Å². The van der Waals surface area contributed by atoms with E-state index in [1.165, 1.54) is 101 Å². The summed E-state index contributed by atoms with van der Waals surface area (Å²) in [5, 5.41) is 0. The first-order valence-electron chi connectivity index (χ1n) is 31.6. The van der Waals surface area contributed by atoms with Gasteiger partial charge in [-0.25, -0.2) is 13.7 Å². The Kier molecular flexibility index (Phi) is 19.9. The molecule has 85 heavy (non-hydrogen) atoms. The van der Waals surface area contributed by atoms with Crippen molar-refractivity contribution in [3.05, 3.63) is 234 Å². The van der Waals surface area contributed by atoms with Crippen molar-refractivity contribution in [1.82, 2.24) is 0 Å². The molecule has 0 fully saturated rings. The van der Waals surface area contributed by atoms with Gasteiger partial charge in [0, 0.05) is 53.0 Å². The van der Waals surface area contributed by atoms with Crippen LogP contribution in [0.3, 0.4) is 0 Å². The van der Waals surface area contributed by atoms with Crippen molar-refractivity contribution < 1.29 is 15.1 Å². The molecule has 3 heterocycles. The van der Waals surface area contributed by atoms with Crippen molar-refractivity contribution in [2.45, 2.75) is 156 Å². The lowest BCUT2D eigenvalue weighted by molar-refractivity contribution is -0.660. The van der Waals surface area contributed by atoms with E-state index in [2.05, 4.69) is 367 Å². The van der Waals surface area contributed by atoms with Crippen molar-refractivity contribution in [1.29, 1.82) is 0 Å². The van der Waals surface area contributed by atoms with Gasteiger partial charge >= 0.3 is 0 Å².